The first-order chi connectivity index (χ1) is 12.3. The summed E-state index contributed by atoms with van der Waals surface area (Å²) in [4.78, 5) is 6.85. The Morgan fingerprint density at radius 3 is 2.44 bits per heavy atom. The second-order valence-electron chi connectivity index (χ2n) is 6.97. The molecular formula is C23H34N2. The van der Waals surface area contributed by atoms with Crippen molar-refractivity contribution in [3.63, 3.8) is 0 Å². The van der Waals surface area contributed by atoms with Gasteiger partial charge < -0.3 is 0 Å². The van der Waals surface area contributed by atoms with E-state index in [4.69, 9.17) is 0 Å². The molecule has 1 atom stereocenters. The first kappa shape index (κ1) is 19.7. The molecule has 1 fully saturated rings. The van der Waals surface area contributed by atoms with Crippen molar-refractivity contribution in [2.45, 2.75) is 71.4 Å². The van der Waals surface area contributed by atoms with Gasteiger partial charge in [0.15, 0.2) is 0 Å². The third-order valence-electron chi connectivity index (χ3n) is 4.83. The van der Waals surface area contributed by atoms with Crippen molar-refractivity contribution in [3.8, 4) is 0 Å². The van der Waals surface area contributed by atoms with Crippen LogP contribution < -0.4 is 0 Å². The molecule has 2 nitrogen and oxygen atoms in total. The predicted molar refractivity (Wildman–Crippen MR) is 108 cm³/mol. The molecule has 0 spiro atoms. The lowest BCUT2D eigenvalue weighted by Gasteiger charge is -2.35. The van der Waals surface area contributed by atoms with Gasteiger partial charge in [0.05, 0.1) is 0 Å². The molecule has 1 aromatic carbocycles. The highest BCUT2D eigenvalue weighted by molar-refractivity contribution is 5.14. The molecule has 0 aliphatic carbocycles. The Balaban J connectivity index is 0.000000212. The van der Waals surface area contributed by atoms with E-state index in [0.717, 1.165) is 19.0 Å². The van der Waals surface area contributed by atoms with Gasteiger partial charge in [-0.2, -0.15) is 0 Å². The van der Waals surface area contributed by atoms with Crippen LogP contribution in [0.5, 0.6) is 0 Å². The fraction of sp³-hybridized carbons (Fsp3) is 0.522. The summed E-state index contributed by atoms with van der Waals surface area (Å²) in [7, 11) is 0. The fourth-order valence-electron chi connectivity index (χ4n) is 3.55. The molecular weight excluding hydrogens is 305 g/mol. The van der Waals surface area contributed by atoms with E-state index in [1.165, 1.54) is 56.3 Å². The number of aromatic nitrogens is 1. The molecule has 2 aromatic rings. The van der Waals surface area contributed by atoms with Crippen molar-refractivity contribution in [3.05, 3.63) is 66.0 Å². The molecule has 1 unspecified atom stereocenters. The lowest BCUT2D eigenvalue weighted by atomic mass is 10.0. The third kappa shape index (κ3) is 7.39. The summed E-state index contributed by atoms with van der Waals surface area (Å²) >= 11 is 0. The molecule has 0 amide bonds. The van der Waals surface area contributed by atoms with E-state index in [9.17, 15) is 0 Å². The van der Waals surface area contributed by atoms with Crippen LogP contribution in [-0.2, 0) is 13.0 Å². The van der Waals surface area contributed by atoms with Gasteiger partial charge in [-0.1, -0.05) is 69.5 Å². The third-order valence-corrected chi connectivity index (χ3v) is 4.83. The maximum absolute atomic E-state index is 4.17. The number of aryl methyl sites for hydroxylation is 1. The van der Waals surface area contributed by atoms with Gasteiger partial charge >= 0.3 is 0 Å². The summed E-state index contributed by atoms with van der Waals surface area (Å²) in [6.45, 7) is 6.90. The Bertz CT molecular complexity index is 551. The Morgan fingerprint density at radius 1 is 0.960 bits per heavy atom. The first-order valence-corrected chi connectivity index (χ1v) is 10.0. The second kappa shape index (κ2) is 11.8. The summed E-state index contributed by atoms with van der Waals surface area (Å²) in [5.41, 5.74) is 2.66. The minimum Gasteiger partial charge on any atom is -0.296 e. The number of piperidine rings is 1. The van der Waals surface area contributed by atoms with Crippen LogP contribution in [0.15, 0.2) is 54.7 Å². The number of benzene rings is 1. The maximum atomic E-state index is 4.17. The number of hydrogen-bond donors (Lipinski definition) is 0. The molecule has 3 rings (SSSR count). The smallest absolute Gasteiger partial charge is 0.0403 e. The maximum Gasteiger partial charge on any atom is 0.0403 e. The molecule has 2 heteroatoms. The highest BCUT2D eigenvalue weighted by Gasteiger charge is 2.21. The standard InChI is InChI=1S/C15H23N.C8H11N/c1-2-8-15-11-6-7-12-16(15)13-14-9-4-3-5-10-14;1-2-5-8-6-3-4-7-9-8/h3-5,9-10,15H,2,6-8,11-13H2,1H3;3-4,6-7H,2,5H2,1H3/i16+1;. The van der Waals surface area contributed by atoms with Gasteiger partial charge in [-0.05, 0) is 49.9 Å². The van der Waals surface area contributed by atoms with Crippen LogP contribution in [0.25, 0.3) is 0 Å². The average Bonchev–Trinajstić information content (AvgIpc) is 2.66. The normalized spacial score (nSPS) is 17.6. The summed E-state index contributed by atoms with van der Waals surface area (Å²) in [5, 5.41) is 0. The number of hydrogen-bond acceptors (Lipinski definition) is 2. The van der Waals surface area contributed by atoms with Gasteiger partial charge in [0.25, 0.3) is 0 Å². The average molecular weight is 340 g/mol. The first-order valence-electron chi connectivity index (χ1n) is 10.0. The highest BCUT2D eigenvalue weighted by atomic mass is 15.9. The summed E-state index contributed by atoms with van der Waals surface area (Å²) < 4.78 is 0. The molecule has 136 valence electrons. The molecule has 0 bridgehead atoms. The van der Waals surface area contributed by atoms with Crippen LogP contribution in [0.1, 0.15) is 63.6 Å². The summed E-state index contributed by atoms with van der Waals surface area (Å²) in [6.07, 6.45) is 11.0. The van der Waals surface area contributed by atoms with Crippen LogP contribution >= 0.6 is 0 Å². The van der Waals surface area contributed by atoms with Crippen molar-refractivity contribution >= 4 is 0 Å². The zero-order valence-electron chi connectivity index (χ0n) is 16.0. The van der Waals surface area contributed by atoms with Crippen molar-refractivity contribution in [1.29, 1.82) is 0 Å². The number of nitrogens with zero attached hydrogens (tertiary/aromatic N) is 2. The molecule has 0 N–H and O–H groups in total. The van der Waals surface area contributed by atoms with E-state index in [1.807, 2.05) is 18.3 Å². The molecule has 0 radical (unpaired) electrons. The van der Waals surface area contributed by atoms with E-state index < -0.39 is 0 Å². The van der Waals surface area contributed by atoms with E-state index in [1.54, 1.807) is 0 Å². The number of likely N-dealkylation sites (tertiary alicyclic amines) is 1. The zero-order chi connectivity index (χ0) is 17.7. The van der Waals surface area contributed by atoms with Gasteiger partial charge in [0.1, 0.15) is 0 Å². The van der Waals surface area contributed by atoms with Gasteiger partial charge in [-0.15, -0.1) is 0 Å². The Labute approximate surface area is 154 Å². The monoisotopic (exact) mass is 339 g/mol. The lowest BCUT2D eigenvalue weighted by Crippen LogP contribution is -2.38. The largest absolute Gasteiger partial charge is 0.296 e. The van der Waals surface area contributed by atoms with E-state index in [-0.39, 0.29) is 0 Å². The predicted octanol–water partition coefficient (Wildman–Crippen LogP) is 5.88. The van der Waals surface area contributed by atoms with Crippen molar-refractivity contribution < 1.29 is 0 Å². The van der Waals surface area contributed by atoms with E-state index in [2.05, 4.69) is 60.1 Å². The van der Waals surface area contributed by atoms with Crippen molar-refractivity contribution in [2.24, 2.45) is 0 Å². The Morgan fingerprint density at radius 2 is 1.76 bits per heavy atom. The second-order valence-corrected chi connectivity index (χ2v) is 6.97. The number of rotatable bonds is 6. The van der Waals surface area contributed by atoms with Crippen LogP contribution in [0.2, 0.25) is 0 Å². The molecule has 1 aromatic heterocycles. The van der Waals surface area contributed by atoms with Gasteiger partial charge in [0, 0.05) is 24.5 Å². The zero-order valence-corrected chi connectivity index (χ0v) is 16.0. The van der Waals surface area contributed by atoms with Crippen LogP contribution in [0, 0.1) is 0 Å². The summed E-state index contributed by atoms with van der Waals surface area (Å²) in [5.74, 6) is 0. The van der Waals surface area contributed by atoms with E-state index in [0.29, 0.717) is 0 Å². The quantitative estimate of drug-likeness (QED) is 0.611. The topological polar surface area (TPSA) is 16.1 Å². The molecule has 0 saturated carbocycles. The molecule has 1 saturated heterocycles. The molecule has 25 heavy (non-hydrogen) atoms. The molecule has 1 aliphatic heterocycles. The van der Waals surface area contributed by atoms with Crippen LogP contribution in [0.3, 0.4) is 0 Å². The van der Waals surface area contributed by atoms with E-state index >= 15 is 0 Å². The van der Waals surface area contributed by atoms with Gasteiger partial charge in [0.2, 0.25) is 0 Å². The number of pyridine rings is 1. The molecule has 2 heterocycles. The minimum atomic E-state index is 0.832. The molecule has 1 aliphatic rings. The van der Waals surface area contributed by atoms with Crippen LogP contribution in [0.4, 0.5) is 0 Å². The minimum absolute atomic E-state index is 0.832. The van der Waals surface area contributed by atoms with Crippen molar-refractivity contribution in [1.82, 2.24) is 9.88 Å². The van der Waals surface area contributed by atoms with Crippen LogP contribution in [-0.4, -0.2) is 22.5 Å². The van der Waals surface area contributed by atoms with Crippen molar-refractivity contribution in [2.75, 3.05) is 6.54 Å². The highest BCUT2D eigenvalue weighted by Crippen LogP contribution is 2.22. The Hall–Kier alpha value is -1.67. The Kier molecular flexibility index (Phi) is 9.28. The SMILES string of the molecule is CCCC1CCCC[15N]1Cc1ccccc1.CCCc1ccccn1. The van der Waals surface area contributed by atoms with Gasteiger partial charge in [-0.3, -0.25) is 9.88 Å². The lowest BCUT2D eigenvalue weighted by molar-refractivity contribution is 0.131. The van der Waals surface area contributed by atoms with Gasteiger partial charge in [-0.25, -0.2) is 0 Å². The summed E-state index contributed by atoms with van der Waals surface area (Å²) in [6, 6.07) is 17.8. The fourth-order valence-corrected chi connectivity index (χ4v) is 3.55.